The lowest BCUT2D eigenvalue weighted by Gasteiger charge is -2.11. The third-order valence-electron chi connectivity index (χ3n) is 10.2. The van der Waals surface area contributed by atoms with Gasteiger partial charge in [-0.1, -0.05) is 109 Å². The highest BCUT2D eigenvalue weighted by atomic mass is 32.1. The van der Waals surface area contributed by atoms with Gasteiger partial charge in [0, 0.05) is 62.9 Å². The molecule has 248 valence electrons. The van der Waals surface area contributed by atoms with Crippen LogP contribution in [0.15, 0.2) is 176 Å². The fourth-order valence-electron chi connectivity index (χ4n) is 7.65. The summed E-state index contributed by atoms with van der Waals surface area (Å²) in [6.45, 7) is 0. The first kappa shape index (κ1) is 30.2. The van der Waals surface area contributed by atoms with Crippen LogP contribution in [-0.4, -0.2) is 14.5 Å². The highest BCUT2D eigenvalue weighted by Crippen LogP contribution is 2.39. The zero-order valence-electron chi connectivity index (χ0n) is 28.4. The van der Waals surface area contributed by atoms with E-state index in [1.807, 2.05) is 22.7 Å². The molecule has 0 radical (unpaired) electrons. The van der Waals surface area contributed by atoms with Crippen molar-refractivity contribution >= 4 is 74.7 Å². The first-order chi connectivity index (χ1) is 26.2. The number of nitrogens with zero attached hydrogens (tertiary/aromatic N) is 3. The molecule has 0 spiro atoms. The number of benzene rings is 7. The molecule has 5 heteroatoms. The first-order valence-electron chi connectivity index (χ1n) is 17.7. The fraction of sp³-hybridized carbons (Fsp3) is 0. The smallest absolute Gasteiger partial charge is 0.160 e. The van der Waals surface area contributed by atoms with Crippen LogP contribution in [-0.2, 0) is 0 Å². The minimum Gasteiger partial charge on any atom is -0.309 e. The second-order valence-corrected chi connectivity index (χ2v) is 15.6. The lowest BCUT2D eigenvalue weighted by atomic mass is 10.0. The van der Waals surface area contributed by atoms with Crippen LogP contribution in [0, 0.1) is 0 Å². The SMILES string of the molecule is c1ccc(-n2c3ccccc3c3cc(-c4nc(-c5ccc(-c6cc7ccccc7s6)cc5)cc(-c5ccc6c(c5)sc5ccccc56)n4)ccc32)cc1. The van der Waals surface area contributed by atoms with Crippen molar-refractivity contribution in [3.63, 3.8) is 0 Å². The molecule has 53 heavy (non-hydrogen) atoms. The molecular weight excluding hydrogens is 683 g/mol. The van der Waals surface area contributed by atoms with Crippen molar-refractivity contribution in [2.45, 2.75) is 0 Å². The average molecular weight is 712 g/mol. The molecule has 0 aliphatic carbocycles. The first-order valence-corrected chi connectivity index (χ1v) is 19.4. The van der Waals surface area contributed by atoms with Crippen LogP contribution in [0.5, 0.6) is 0 Å². The summed E-state index contributed by atoms with van der Waals surface area (Å²) >= 11 is 3.66. The third-order valence-corrected chi connectivity index (χ3v) is 12.5. The van der Waals surface area contributed by atoms with Crippen LogP contribution in [0.1, 0.15) is 0 Å². The van der Waals surface area contributed by atoms with Gasteiger partial charge in [-0.25, -0.2) is 9.97 Å². The van der Waals surface area contributed by atoms with Gasteiger partial charge in [0.15, 0.2) is 5.82 Å². The van der Waals surface area contributed by atoms with Gasteiger partial charge >= 0.3 is 0 Å². The van der Waals surface area contributed by atoms with Crippen LogP contribution in [0.25, 0.3) is 102 Å². The van der Waals surface area contributed by atoms with Crippen molar-refractivity contribution in [2.24, 2.45) is 0 Å². The van der Waals surface area contributed by atoms with E-state index < -0.39 is 0 Å². The molecule has 0 bridgehead atoms. The van der Waals surface area contributed by atoms with Gasteiger partial charge < -0.3 is 4.57 Å². The van der Waals surface area contributed by atoms with Crippen molar-refractivity contribution in [1.82, 2.24) is 14.5 Å². The molecule has 3 nitrogen and oxygen atoms in total. The Labute approximate surface area is 313 Å². The van der Waals surface area contributed by atoms with E-state index in [4.69, 9.17) is 9.97 Å². The maximum atomic E-state index is 5.29. The molecule has 0 unspecified atom stereocenters. The predicted molar refractivity (Wildman–Crippen MR) is 226 cm³/mol. The third kappa shape index (κ3) is 5.08. The summed E-state index contributed by atoms with van der Waals surface area (Å²) in [5.74, 6) is 0.709. The highest BCUT2D eigenvalue weighted by molar-refractivity contribution is 7.25. The molecule has 0 saturated carbocycles. The van der Waals surface area contributed by atoms with Gasteiger partial charge in [0.1, 0.15) is 0 Å². The summed E-state index contributed by atoms with van der Waals surface area (Å²) < 4.78 is 6.20. The van der Waals surface area contributed by atoms with Gasteiger partial charge in [-0.15, -0.1) is 22.7 Å². The Bertz CT molecular complexity index is 3140. The fourth-order valence-corrected chi connectivity index (χ4v) is 9.87. The zero-order valence-corrected chi connectivity index (χ0v) is 30.0. The second kappa shape index (κ2) is 12.1. The second-order valence-electron chi connectivity index (χ2n) is 13.4. The monoisotopic (exact) mass is 711 g/mol. The molecule has 11 aromatic rings. The van der Waals surface area contributed by atoms with Crippen molar-refractivity contribution in [2.75, 3.05) is 0 Å². The van der Waals surface area contributed by atoms with E-state index in [1.165, 1.54) is 57.0 Å². The molecule has 0 atom stereocenters. The number of fused-ring (bicyclic) bond motifs is 7. The molecular formula is C48H29N3S2. The summed E-state index contributed by atoms with van der Waals surface area (Å²) in [5.41, 5.74) is 9.62. The molecule has 0 fully saturated rings. The Kier molecular flexibility index (Phi) is 6.90. The molecule has 0 saturated heterocycles. The molecule has 4 heterocycles. The summed E-state index contributed by atoms with van der Waals surface area (Å²) in [4.78, 5) is 11.8. The number of hydrogen-bond acceptors (Lipinski definition) is 4. The summed E-state index contributed by atoms with van der Waals surface area (Å²) in [5, 5.41) is 6.24. The van der Waals surface area contributed by atoms with E-state index in [0.29, 0.717) is 5.82 Å². The van der Waals surface area contributed by atoms with Crippen LogP contribution >= 0.6 is 22.7 Å². The van der Waals surface area contributed by atoms with Gasteiger partial charge in [-0.3, -0.25) is 0 Å². The normalized spacial score (nSPS) is 11.8. The molecule has 0 aliphatic heterocycles. The van der Waals surface area contributed by atoms with Gasteiger partial charge in [0.2, 0.25) is 0 Å². The molecule has 0 aliphatic rings. The standard InChI is InChI=1S/C48H29N3S2/c1-2-11-35(12-3-1)51-42-15-7-5-13-36(42)39-26-34(23-25-43(39)51)48-49-40(30-18-20-31(21-19-30)46-28-33-10-4-8-16-44(33)52-46)29-41(50-48)32-22-24-38-37-14-6-9-17-45(37)53-47(38)27-32/h1-29H. The average Bonchev–Trinajstić information content (AvgIpc) is 3.92. The van der Waals surface area contributed by atoms with E-state index >= 15 is 0 Å². The Balaban J connectivity index is 1.08. The van der Waals surface area contributed by atoms with E-state index in [1.54, 1.807) is 0 Å². The van der Waals surface area contributed by atoms with E-state index in [0.717, 1.165) is 39.3 Å². The maximum Gasteiger partial charge on any atom is 0.160 e. The predicted octanol–water partition coefficient (Wildman–Crippen LogP) is 13.8. The van der Waals surface area contributed by atoms with Gasteiger partial charge in [-0.05, 0) is 77.7 Å². The summed E-state index contributed by atoms with van der Waals surface area (Å²) in [6.07, 6.45) is 0. The maximum absolute atomic E-state index is 5.29. The van der Waals surface area contributed by atoms with Gasteiger partial charge in [0.25, 0.3) is 0 Å². The number of para-hydroxylation sites is 2. The summed E-state index contributed by atoms with van der Waals surface area (Å²) in [7, 11) is 0. The molecule has 7 aromatic carbocycles. The quantitative estimate of drug-likeness (QED) is 0.178. The number of aromatic nitrogens is 3. The number of hydrogen-bond donors (Lipinski definition) is 0. The van der Waals surface area contributed by atoms with Crippen LogP contribution < -0.4 is 0 Å². The van der Waals surface area contributed by atoms with Crippen molar-refractivity contribution in [1.29, 1.82) is 0 Å². The lowest BCUT2D eigenvalue weighted by molar-refractivity contribution is 1.17. The molecule has 4 aromatic heterocycles. The van der Waals surface area contributed by atoms with E-state index in [2.05, 4.69) is 180 Å². The molecule has 0 amide bonds. The van der Waals surface area contributed by atoms with Gasteiger partial charge in [0.05, 0.1) is 22.4 Å². The number of rotatable bonds is 5. The van der Waals surface area contributed by atoms with Crippen molar-refractivity contribution < 1.29 is 0 Å². The van der Waals surface area contributed by atoms with Crippen LogP contribution in [0.2, 0.25) is 0 Å². The highest BCUT2D eigenvalue weighted by Gasteiger charge is 2.17. The van der Waals surface area contributed by atoms with E-state index in [9.17, 15) is 0 Å². The topological polar surface area (TPSA) is 30.7 Å². The van der Waals surface area contributed by atoms with Crippen molar-refractivity contribution in [3.05, 3.63) is 176 Å². The zero-order chi connectivity index (χ0) is 34.9. The number of thiophene rings is 2. The Hall–Kier alpha value is -6.40. The minimum absolute atomic E-state index is 0.709. The Morgan fingerprint density at radius 3 is 1.87 bits per heavy atom. The van der Waals surface area contributed by atoms with Crippen LogP contribution in [0.3, 0.4) is 0 Å². The largest absolute Gasteiger partial charge is 0.309 e. The van der Waals surface area contributed by atoms with Crippen LogP contribution in [0.4, 0.5) is 0 Å². The summed E-state index contributed by atoms with van der Waals surface area (Å²) in [6, 6.07) is 63.1. The van der Waals surface area contributed by atoms with Crippen molar-refractivity contribution in [3.8, 4) is 50.0 Å². The van der Waals surface area contributed by atoms with Gasteiger partial charge in [-0.2, -0.15) is 0 Å². The Morgan fingerprint density at radius 1 is 0.377 bits per heavy atom. The lowest BCUT2D eigenvalue weighted by Crippen LogP contribution is -1.96. The van der Waals surface area contributed by atoms with E-state index in [-0.39, 0.29) is 0 Å². The molecule has 11 rings (SSSR count). The Morgan fingerprint density at radius 2 is 1.02 bits per heavy atom. The minimum atomic E-state index is 0.709. The molecule has 0 N–H and O–H groups in total.